The molecule has 1 aliphatic heterocycles. The molecule has 2 aromatic heterocycles. The first-order chi connectivity index (χ1) is 10.7. The number of hydrogen-bond donors (Lipinski definition) is 1. The lowest BCUT2D eigenvalue weighted by Gasteiger charge is -2.32. The number of anilines is 1. The molecule has 22 heavy (non-hydrogen) atoms. The van der Waals surface area contributed by atoms with Crippen molar-refractivity contribution in [1.29, 1.82) is 0 Å². The molecule has 3 heterocycles. The summed E-state index contributed by atoms with van der Waals surface area (Å²) < 4.78 is 0. The predicted molar refractivity (Wildman–Crippen MR) is 81.5 cm³/mol. The van der Waals surface area contributed by atoms with E-state index in [1.165, 1.54) is 6.20 Å². The molecule has 7 heteroatoms. The van der Waals surface area contributed by atoms with E-state index in [4.69, 9.17) is 0 Å². The number of amides is 1. The Balaban J connectivity index is 1.63. The maximum atomic E-state index is 12.2. The molecule has 1 atom stereocenters. The number of carbonyl (C=O) groups is 1. The smallest absolute Gasteiger partial charge is 0.271 e. The Morgan fingerprint density at radius 2 is 2.05 bits per heavy atom. The van der Waals surface area contributed by atoms with Crippen LogP contribution in [0.4, 0.5) is 5.95 Å². The highest BCUT2D eigenvalue weighted by molar-refractivity contribution is 5.92. The summed E-state index contributed by atoms with van der Waals surface area (Å²) in [6.45, 7) is 3.45. The van der Waals surface area contributed by atoms with Gasteiger partial charge in [0.1, 0.15) is 5.69 Å². The fourth-order valence-electron chi connectivity index (χ4n) is 2.50. The SMILES string of the molecule is Cc1cnc(C(=O)N[C@@H]2CCCN(c3ncccn3)C2)cn1. The third-order valence-corrected chi connectivity index (χ3v) is 3.61. The summed E-state index contributed by atoms with van der Waals surface area (Å²) in [4.78, 5) is 31.0. The van der Waals surface area contributed by atoms with E-state index in [0.29, 0.717) is 18.2 Å². The second-order valence-electron chi connectivity index (χ2n) is 5.35. The Morgan fingerprint density at radius 3 is 2.77 bits per heavy atom. The number of aromatic nitrogens is 4. The highest BCUT2D eigenvalue weighted by Crippen LogP contribution is 2.15. The number of nitrogens with zero attached hydrogens (tertiary/aromatic N) is 5. The van der Waals surface area contributed by atoms with Crippen LogP contribution >= 0.6 is 0 Å². The second kappa shape index (κ2) is 6.46. The summed E-state index contributed by atoms with van der Waals surface area (Å²) in [5.74, 6) is 0.518. The van der Waals surface area contributed by atoms with Gasteiger partial charge in [0, 0.05) is 37.7 Å². The molecule has 1 aliphatic rings. The molecule has 0 saturated carbocycles. The molecule has 114 valence electrons. The molecule has 2 aromatic rings. The monoisotopic (exact) mass is 298 g/mol. The van der Waals surface area contributed by atoms with Gasteiger partial charge in [-0.15, -0.1) is 0 Å². The fraction of sp³-hybridized carbons (Fsp3) is 0.400. The van der Waals surface area contributed by atoms with Crippen LogP contribution in [0.5, 0.6) is 0 Å². The maximum Gasteiger partial charge on any atom is 0.271 e. The Morgan fingerprint density at radius 1 is 1.23 bits per heavy atom. The summed E-state index contributed by atoms with van der Waals surface area (Å²) in [6, 6.07) is 1.86. The summed E-state index contributed by atoms with van der Waals surface area (Å²) in [7, 11) is 0. The number of nitrogens with one attached hydrogen (secondary N) is 1. The Kier molecular flexibility index (Phi) is 4.22. The lowest BCUT2D eigenvalue weighted by atomic mass is 10.1. The molecule has 7 nitrogen and oxygen atoms in total. The van der Waals surface area contributed by atoms with Gasteiger partial charge in [0.05, 0.1) is 11.9 Å². The van der Waals surface area contributed by atoms with Gasteiger partial charge < -0.3 is 10.2 Å². The zero-order valence-electron chi connectivity index (χ0n) is 12.4. The van der Waals surface area contributed by atoms with Crippen molar-refractivity contribution in [2.24, 2.45) is 0 Å². The van der Waals surface area contributed by atoms with E-state index < -0.39 is 0 Å². The van der Waals surface area contributed by atoms with Crippen LogP contribution in [0.2, 0.25) is 0 Å². The minimum absolute atomic E-state index is 0.0631. The number of carbonyl (C=O) groups excluding carboxylic acids is 1. The van der Waals surface area contributed by atoms with Crippen molar-refractivity contribution < 1.29 is 4.79 Å². The van der Waals surface area contributed by atoms with Crippen LogP contribution in [-0.2, 0) is 0 Å². The average Bonchev–Trinajstić information content (AvgIpc) is 2.56. The highest BCUT2D eigenvalue weighted by Gasteiger charge is 2.23. The van der Waals surface area contributed by atoms with Gasteiger partial charge >= 0.3 is 0 Å². The minimum atomic E-state index is -0.187. The molecule has 0 radical (unpaired) electrons. The van der Waals surface area contributed by atoms with E-state index in [-0.39, 0.29) is 11.9 Å². The molecule has 1 N–H and O–H groups in total. The Labute approximate surface area is 128 Å². The number of hydrogen-bond acceptors (Lipinski definition) is 6. The van der Waals surface area contributed by atoms with Crippen LogP contribution < -0.4 is 10.2 Å². The lowest BCUT2D eigenvalue weighted by molar-refractivity contribution is 0.0927. The van der Waals surface area contributed by atoms with Gasteiger partial charge in [-0.3, -0.25) is 9.78 Å². The molecule has 0 bridgehead atoms. The third kappa shape index (κ3) is 3.36. The molecule has 1 saturated heterocycles. The van der Waals surface area contributed by atoms with E-state index in [9.17, 15) is 4.79 Å². The first kappa shape index (κ1) is 14.4. The summed E-state index contributed by atoms with van der Waals surface area (Å²) in [6.07, 6.45) is 8.49. The maximum absolute atomic E-state index is 12.2. The molecule has 0 unspecified atom stereocenters. The summed E-state index contributed by atoms with van der Waals surface area (Å²) >= 11 is 0. The van der Waals surface area contributed by atoms with Crippen LogP contribution in [0.3, 0.4) is 0 Å². The van der Waals surface area contributed by atoms with Crippen LogP contribution in [0.15, 0.2) is 30.9 Å². The highest BCUT2D eigenvalue weighted by atomic mass is 16.2. The van der Waals surface area contributed by atoms with Crippen molar-refractivity contribution in [1.82, 2.24) is 25.3 Å². The third-order valence-electron chi connectivity index (χ3n) is 3.61. The summed E-state index contributed by atoms with van der Waals surface area (Å²) in [5.41, 5.74) is 1.14. The minimum Gasteiger partial charge on any atom is -0.346 e. The average molecular weight is 298 g/mol. The van der Waals surface area contributed by atoms with E-state index >= 15 is 0 Å². The molecular weight excluding hydrogens is 280 g/mol. The largest absolute Gasteiger partial charge is 0.346 e. The zero-order chi connectivity index (χ0) is 15.4. The van der Waals surface area contributed by atoms with Crippen LogP contribution in [0, 0.1) is 6.92 Å². The van der Waals surface area contributed by atoms with Gasteiger partial charge in [-0.25, -0.2) is 15.0 Å². The molecule has 1 fully saturated rings. The van der Waals surface area contributed by atoms with E-state index in [2.05, 4.69) is 30.2 Å². The van der Waals surface area contributed by atoms with Crippen molar-refractivity contribution in [3.05, 3.63) is 42.2 Å². The fourth-order valence-corrected chi connectivity index (χ4v) is 2.50. The first-order valence-corrected chi connectivity index (χ1v) is 7.34. The van der Waals surface area contributed by atoms with Crippen molar-refractivity contribution in [3.8, 4) is 0 Å². The Bertz CT molecular complexity index is 630. The van der Waals surface area contributed by atoms with E-state index in [1.807, 2.05) is 6.92 Å². The molecule has 0 spiro atoms. The van der Waals surface area contributed by atoms with Crippen LogP contribution in [0.1, 0.15) is 29.0 Å². The Hall–Kier alpha value is -2.57. The van der Waals surface area contributed by atoms with Gasteiger partial charge in [-0.1, -0.05) is 0 Å². The normalized spacial score (nSPS) is 18.0. The van der Waals surface area contributed by atoms with Crippen molar-refractivity contribution in [2.75, 3.05) is 18.0 Å². The number of aryl methyl sites for hydroxylation is 1. The number of rotatable bonds is 3. The zero-order valence-corrected chi connectivity index (χ0v) is 12.4. The van der Waals surface area contributed by atoms with Gasteiger partial charge in [0.25, 0.3) is 5.91 Å². The van der Waals surface area contributed by atoms with Gasteiger partial charge in [-0.2, -0.15) is 0 Å². The number of piperidine rings is 1. The summed E-state index contributed by atoms with van der Waals surface area (Å²) in [5, 5.41) is 3.02. The van der Waals surface area contributed by atoms with Crippen LogP contribution in [0.25, 0.3) is 0 Å². The van der Waals surface area contributed by atoms with Gasteiger partial charge in [-0.05, 0) is 25.8 Å². The van der Waals surface area contributed by atoms with Gasteiger partial charge in [0.2, 0.25) is 5.95 Å². The standard InChI is InChI=1S/C15H18N6O/c1-11-8-19-13(9-18-11)14(22)20-12-4-2-7-21(10-12)15-16-5-3-6-17-15/h3,5-6,8-9,12H,2,4,7,10H2,1H3,(H,20,22)/t12-/m1/s1. The predicted octanol–water partition coefficient (Wildman–Crippen LogP) is 0.974. The first-order valence-electron chi connectivity index (χ1n) is 7.34. The molecule has 0 aromatic carbocycles. The van der Waals surface area contributed by atoms with Crippen molar-refractivity contribution in [3.63, 3.8) is 0 Å². The van der Waals surface area contributed by atoms with Crippen molar-refractivity contribution >= 4 is 11.9 Å². The van der Waals surface area contributed by atoms with Crippen LogP contribution in [-0.4, -0.2) is 45.0 Å². The second-order valence-corrected chi connectivity index (χ2v) is 5.35. The molecular formula is C15H18N6O. The quantitative estimate of drug-likeness (QED) is 0.909. The molecule has 3 rings (SSSR count). The van der Waals surface area contributed by atoms with E-state index in [1.54, 1.807) is 24.7 Å². The topological polar surface area (TPSA) is 83.9 Å². The lowest BCUT2D eigenvalue weighted by Crippen LogP contribution is -2.48. The van der Waals surface area contributed by atoms with Crippen molar-refractivity contribution in [2.45, 2.75) is 25.8 Å². The molecule has 0 aliphatic carbocycles. The molecule has 1 amide bonds. The van der Waals surface area contributed by atoms with Gasteiger partial charge in [0.15, 0.2) is 0 Å². The van der Waals surface area contributed by atoms with E-state index in [0.717, 1.165) is 25.1 Å².